The molecule has 0 aliphatic carbocycles. The zero-order chi connectivity index (χ0) is 37.7. The van der Waals surface area contributed by atoms with Crippen molar-refractivity contribution in [2.24, 2.45) is 10.2 Å². The molecule has 3 aromatic rings. The van der Waals surface area contributed by atoms with E-state index in [1.807, 2.05) is 0 Å². The minimum Gasteiger partial charge on any atom is -0.364 e. The summed E-state index contributed by atoms with van der Waals surface area (Å²) in [7, 11) is -5.05. The highest BCUT2D eigenvalue weighted by Gasteiger charge is 2.43. The van der Waals surface area contributed by atoms with Gasteiger partial charge in [0.05, 0.1) is 48.0 Å². The summed E-state index contributed by atoms with van der Waals surface area (Å²) in [5.74, 6) is 0. The molecule has 1 aromatic carbocycles. The molecular weight excluding hydrogens is 717 g/mol. The maximum Gasteiger partial charge on any atom is 0.477 e. The van der Waals surface area contributed by atoms with Crippen LogP contribution in [0.15, 0.2) is 66.1 Å². The molecule has 7 atom stereocenters. The van der Waals surface area contributed by atoms with Crippen LogP contribution in [0.5, 0.6) is 0 Å². The lowest BCUT2D eigenvalue weighted by Crippen LogP contribution is -2.33. The summed E-state index contributed by atoms with van der Waals surface area (Å²) in [6, 6.07) is 2.79. The standard InChI is InChI=1S/C27H30N11O13P/c1-13-9-36(26(42)30-23(13)39)21-7-16(32-34-28)19(49-21)11-47-52(46,51-25(41)15-5-3-4-6-18(15)38(44)45)48-12-20-17(33-35-29)8-22(50-20)37-10-14(2)24(40)31-27(37)43/h3-6,9-10,16-17,19-22,25,41H,7-8,11-12H2,1-2H3,(H,30,39,42)(H,31,40,43)/t16-,17-,19+,20+,21+,22+,25?/m0/s1. The molecule has 1 unspecified atom stereocenters. The van der Waals surface area contributed by atoms with Crippen LogP contribution in [-0.4, -0.2) is 66.6 Å². The van der Waals surface area contributed by atoms with E-state index in [0.717, 1.165) is 21.3 Å². The number of hydrogen-bond acceptors (Lipinski definition) is 15. The lowest BCUT2D eigenvalue weighted by Gasteiger charge is -2.25. The number of phosphoric ester groups is 1. The summed E-state index contributed by atoms with van der Waals surface area (Å²) in [6.07, 6.45) is -4.59. The van der Waals surface area contributed by atoms with Crippen LogP contribution in [0.4, 0.5) is 5.69 Å². The van der Waals surface area contributed by atoms with Crippen molar-refractivity contribution in [3.05, 3.63) is 126 Å². The van der Waals surface area contributed by atoms with Crippen molar-refractivity contribution in [1.82, 2.24) is 19.1 Å². The number of aryl methyl sites for hydroxylation is 2. The zero-order valence-electron chi connectivity index (χ0n) is 27.2. The molecular formula is C27H30N11O13P. The number of nitro benzene ring substituents is 1. The molecule has 52 heavy (non-hydrogen) atoms. The third-order valence-electron chi connectivity index (χ3n) is 8.14. The molecule has 25 heteroatoms. The Morgan fingerprint density at radius 1 is 0.942 bits per heavy atom. The first-order chi connectivity index (χ1) is 24.7. The zero-order valence-corrected chi connectivity index (χ0v) is 28.0. The number of azide groups is 2. The molecule has 0 radical (unpaired) electrons. The van der Waals surface area contributed by atoms with Gasteiger partial charge in [-0.25, -0.2) is 14.2 Å². The smallest absolute Gasteiger partial charge is 0.364 e. The Hall–Kier alpha value is -5.41. The van der Waals surface area contributed by atoms with Gasteiger partial charge in [-0.3, -0.25) is 52.4 Å². The summed E-state index contributed by atoms with van der Waals surface area (Å²) < 4.78 is 44.4. The third kappa shape index (κ3) is 8.37. The van der Waals surface area contributed by atoms with Gasteiger partial charge in [0.15, 0.2) is 6.29 Å². The Morgan fingerprint density at radius 3 is 1.85 bits per heavy atom. The van der Waals surface area contributed by atoms with Crippen LogP contribution in [0, 0.1) is 24.0 Å². The summed E-state index contributed by atoms with van der Waals surface area (Å²) in [5, 5.41) is 29.8. The van der Waals surface area contributed by atoms with E-state index in [9.17, 15) is 50.0 Å². The molecule has 24 nitrogen and oxygen atoms in total. The van der Waals surface area contributed by atoms with E-state index in [4.69, 9.17) is 23.0 Å². The molecule has 2 aliphatic rings. The summed E-state index contributed by atoms with van der Waals surface area (Å²) in [6.45, 7) is 1.45. The van der Waals surface area contributed by atoms with Crippen molar-refractivity contribution in [3.63, 3.8) is 0 Å². The highest BCUT2D eigenvalue weighted by atomic mass is 31.2. The fourth-order valence-corrected chi connectivity index (χ4v) is 6.73. The average Bonchev–Trinajstić information content (AvgIpc) is 3.70. The number of ether oxygens (including phenoxy) is 2. The van der Waals surface area contributed by atoms with Crippen LogP contribution >= 0.6 is 7.82 Å². The number of rotatable bonds is 14. The fourth-order valence-electron chi connectivity index (χ4n) is 5.52. The number of benzene rings is 1. The van der Waals surface area contributed by atoms with Gasteiger partial charge in [-0.05, 0) is 31.0 Å². The van der Waals surface area contributed by atoms with Gasteiger partial charge >= 0.3 is 19.2 Å². The molecule has 0 bridgehead atoms. The molecule has 5 rings (SSSR count). The number of nitrogens with zero attached hydrogens (tertiary/aromatic N) is 9. The lowest BCUT2D eigenvalue weighted by molar-refractivity contribution is -0.386. The van der Waals surface area contributed by atoms with Crippen molar-refractivity contribution in [1.29, 1.82) is 0 Å². The van der Waals surface area contributed by atoms with Gasteiger partial charge in [-0.1, -0.05) is 22.4 Å². The first-order valence-electron chi connectivity index (χ1n) is 15.3. The SMILES string of the molecule is Cc1cn([C@H]2C[C@H](N=[N+]=[N-])[C@@H](COP(=O)(OC[C@H]3O[C@@H](n4cc(C)c(=O)[nH]c4=O)C[C@@H]3N=[N+]=[N-])OC(O)c3ccccc3[N+](=O)[O-])O2)c(=O)[nH]c1=O. The Balaban J connectivity index is 1.40. The van der Waals surface area contributed by atoms with Gasteiger partial charge in [-0.2, -0.15) is 0 Å². The number of aliphatic hydroxyl groups excluding tert-OH is 1. The van der Waals surface area contributed by atoms with E-state index in [1.54, 1.807) is 0 Å². The van der Waals surface area contributed by atoms with Crippen LogP contribution in [-0.2, 0) is 27.6 Å². The number of hydrogen-bond donors (Lipinski definition) is 3. The summed E-state index contributed by atoms with van der Waals surface area (Å²) in [4.78, 5) is 69.4. The molecule has 276 valence electrons. The van der Waals surface area contributed by atoms with E-state index in [0.29, 0.717) is 0 Å². The van der Waals surface area contributed by atoms with Gasteiger partial charge in [0.1, 0.15) is 12.5 Å². The molecule has 2 aromatic heterocycles. The molecule has 2 fully saturated rings. The molecule has 0 amide bonds. The topological polar surface area (TPSA) is 334 Å². The number of phosphoric acid groups is 1. The van der Waals surface area contributed by atoms with Crippen LogP contribution in [0.1, 0.15) is 48.3 Å². The van der Waals surface area contributed by atoms with Crippen LogP contribution < -0.4 is 22.5 Å². The maximum absolute atomic E-state index is 14.2. The molecule has 2 aliphatic heterocycles. The second kappa shape index (κ2) is 15.9. The number of H-pyrrole nitrogens is 2. The first-order valence-corrected chi connectivity index (χ1v) is 16.7. The van der Waals surface area contributed by atoms with Crippen LogP contribution in [0.2, 0.25) is 0 Å². The maximum atomic E-state index is 14.2. The normalized spacial score (nSPS) is 24.4. The lowest BCUT2D eigenvalue weighted by atomic mass is 10.1. The Kier molecular flexibility index (Phi) is 11.5. The third-order valence-corrected chi connectivity index (χ3v) is 9.53. The number of nitro groups is 1. The van der Waals surface area contributed by atoms with Crippen molar-refractivity contribution in [3.8, 4) is 0 Å². The fraction of sp³-hybridized carbons (Fsp3) is 0.481. The molecule has 3 N–H and O–H groups in total. The molecule has 0 saturated carbocycles. The highest BCUT2D eigenvalue weighted by molar-refractivity contribution is 7.48. The molecule has 4 heterocycles. The van der Waals surface area contributed by atoms with Gasteiger partial charge in [0, 0.05) is 52.3 Å². The largest absolute Gasteiger partial charge is 0.477 e. The van der Waals surface area contributed by atoms with Crippen molar-refractivity contribution in [2.45, 2.75) is 69.7 Å². The quantitative estimate of drug-likeness (QED) is 0.0406. The minimum absolute atomic E-state index is 0.0942. The Morgan fingerprint density at radius 2 is 1.40 bits per heavy atom. The monoisotopic (exact) mass is 747 g/mol. The number of aliphatic hydroxyl groups is 1. The predicted molar refractivity (Wildman–Crippen MR) is 174 cm³/mol. The first kappa shape index (κ1) is 37.8. The van der Waals surface area contributed by atoms with E-state index in [-0.39, 0.29) is 24.0 Å². The number of aromatic amines is 2. The second-order valence-corrected chi connectivity index (χ2v) is 13.2. The minimum atomic E-state index is -5.05. The number of nitrogens with one attached hydrogen (secondary N) is 2. The van der Waals surface area contributed by atoms with E-state index < -0.39 is 103 Å². The highest BCUT2D eigenvalue weighted by Crippen LogP contribution is 2.54. The van der Waals surface area contributed by atoms with E-state index >= 15 is 0 Å². The number of para-hydroxylation sites is 1. The van der Waals surface area contributed by atoms with Crippen molar-refractivity contribution >= 4 is 13.5 Å². The van der Waals surface area contributed by atoms with E-state index in [2.05, 4.69) is 30.0 Å². The van der Waals surface area contributed by atoms with Crippen molar-refractivity contribution in [2.75, 3.05) is 13.2 Å². The van der Waals surface area contributed by atoms with Crippen LogP contribution in [0.3, 0.4) is 0 Å². The van der Waals surface area contributed by atoms with Crippen LogP contribution in [0.25, 0.3) is 20.9 Å². The van der Waals surface area contributed by atoms with Gasteiger partial charge in [0.2, 0.25) is 0 Å². The predicted octanol–water partition coefficient (Wildman–Crippen LogP) is 2.39. The Bertz CT molecular complexity index is 2110. The van der Waals surface area contributed by atoms with Gasteiger partial charge in [0.25, 0.3) is 16.8 Å². The summed E-state index contributed by atoms with van der Waals surface area (Å²) >= 11 is 0. The molecule has 0 spiro atoms. The second-order valence-electron chi connectivity index (χ2n) is 11.5. The van der Waals surface area contributed by atoms with Gasteiger partial charge in [-0.15, -0.1) is 0 Å². The van der Waals surface area contributed by atoms with E-state index in [1.165, 1.54) is 38.4 Å². The number of aromatic nitrogens is 4. The average molecular weight is 748 g/mol. The van der Waals surface area contributed by atoms with Gasteiger partial charge < -0.3 is 14.6 Å². The Labute approximate surface area is 289 Å². The van der Waals surface area contributed by atoms with Crippen molar-refractivity contribution < 1.29 is 37.6 Å². The molecule has 2 saturated heterocycles. The summed E-state index contributed by atoms with van der Waals surface area (Å²) in [5.41, 5.74) is 14.8.